The number of carbonyl (C=O) groups excluding carboxylic acids is 1. The zero-order chi connectivity index (χ0) is 21.6. The van der Waals surface area contributed by atoms with Gasteiger partial charge in [0.2, 0.25) is 5.91 Å². The van der Waals surface area contributed by atoms with E-state index in [0.29, 0.717) is 0 Å². The van der Waals surface area contributed by atoms with Crippen LogP contribution in [0.1, 0.15) is 24.8 Å². The lowest BCUT2D eigenvalue weighted by Gasteiger charge is -2.32. The lowest BCUT2D eigenvalue weighted by Crippen LogP contribution is -2.44. The SMILES string of the molecule is CCC(C(=O)Nc1cccc(-c2ccc(N3CCN(C)CC3)nn2)c1)c1ccccc1. The van der Waals surface area contributed by atoms with Crippen molar-refractivity contribution in [3.8, 4) is 11.3 Å². The number of likely N-dealkylation sites (N-methyl/N-ethyl adjacent to an activating group) is 1. The number of carbonyl (C=O) groups is 1. The molecule has 1 fully saturated rings. The summed E-state index contributed by atoms with van der Waals surface area (Å²) in [6, 6.07) is 21.7. The van der Waals surface area contributed by atoms with E-state index in [1.54, 1.807) is 0 Å². The van der Waals surface area contributed by atoms with Crippen LogP contribution in [0, 0.1) is 0 Å². The number of hydrogen-bond acceptors (Lipinski definition) is 5. The monoisotopic (exact) mass is 415 g/mol. The lowest BCUT2D eigenvalue weighted by molar-refractivity contribution is -0.117. The fourth-order valence-electron chi connectivity index (χ4n) is 3.93. The highest BCUT2D eigenvalue weighted by atomic mass is 16.1. The molecule has 1 aromatic heterocycles. The van der Waals surface area contributed by atoms with E-state index in [1.807, 2.05) is 73.7 Å². The van der Waals surface area contributed by atoms with Gasteiger partial charge in [-0.1, -0.05) is 49.4 Å². The predicted molar refractivity (Wildman–Crippen MR) is 125 cm³/mol. The summed E-state index contributed by atoms with van der Waals surface area (Å²) < 4.78 is 0. The molecule has 6 nitrogen and oxygen atoms in total. The molecule has 6 heteroatoms. The average Bonchev–Trinajstić information content (AvgIpc) is 2.81. The minimum absolute atomic E-state index is 0.00217. The summed E-state index contributed by atoms with van der Waals surface area (Å²) in [5.74, 6) is 0.741. The van der Waals surface area contributed by atoms with Crippen molar-refractivity contribution in [2.45, 2.75) is 19.3 Å². The van der Waals surface area contributed by atoms with E-state index >= 15 is 0 Å². The van der Waals surface area contributed by atoms with Crippen LogP contribution in [0.2, 0.25) is 0 Å². The molecule has 1 amide bonds. The number of aromatic nitrogens is 2. The van der Waals surface area contributed by atoms with Gasteiger partial charge in [-0.15, -0.1) is 10.2 Å². The molecule has 1 atom stereocenters. The third-order valence-corrected chi connectivity index (χ3v) is 5.83. The number of piperazine rings is 1. The number of benzene rings is 2. The Balaban J connectivity index is 1.46. The molecular weight excluding hydrogens is 386 g/mol. The summed E-state index contributed by atoms with van der Waals surface area (Å²) in [6.07, 6.45) is 0.745. The van der Waals surface area contributed by atoms with E-state index in [0.717, 1.165) is 60.9 Å². The van der Waals surface area contributed by atoms with Crippen molar-refractivity contribution in [2.24, 2.45) is 0 Å². The van der Waals surface area contributed by atoms with Gasteiger partial charge in [0, 0.05) is 37.4 Å². The van der Waals surface area contributed by atoms with E-state index in [9.17, 15) is 4.79 Å². The smallest absolute Gasteiger partial charge is 0.231 e. The van der Waals surface area contributed by atoms with Gasteiger partial charge < -0.3 is 15.1 Å². The van der Waals surface area contributed by atoms with Crippen molar-refractivity contribution >= 4 is 17.4 Å². The molecular formula is C25H29N5O. The molecule has 4 rings (SSSR count). The van der Waals surface area contributed by atoms with Gasteiger partial charge >= 0.3 is 0 Å². The van der Waals surface area contributed by atoms with Crippen molar-refractivity contribution < 1.29 is 4.79 Å². The molecule has 1 aliphatic rings. The molecule has 0 bridgehead atoms. The maximum Gasteiger partial charge on any atom is 0.231 e. The average molecular weight is 416 g/mol. The predicted octanol–water partition coefficient (Wildman–Crippen LogP) is 4.03. The van der Waals surface area contributed by atoms with Gasteiger partial charge in [-0.2, -0.15) is 0 Å². The van der Waals surface area contributed by atoms with Crippen molar-refractivity contribution in [1.82, 2.24) is 15.1 Å². The fraction of sp³-hybridized carbons (Fsp3) is 0.320. The van der Waals surface area contributed by atoms with E-state index in [-0.39, 0.29) is 11.8 Å². The summed E-state index contributed by atoms with van der Waals surface area (Å²) in [7, 11) is 2.14. The Morgan fingerprint density at radius 3 is 2.42 bits per heavy atom. The molecule has 3 aromatic rings. The molecule has 0 aliphatic carbocycles. The quantitative estimate of drug-likeness (QED) is 0.659. The molecule has 0 radical (unpaired) electrons. The number of anilines is 2. The highest BCUT2D eigenvalue weighted by molar-refractivity contribution is 5.96. The Morgan fingerprint density at radius 1 is 0.968 bits per heavy atom. The standard InChI is InChI=1S/C25H29N5O/c1-3-22(19-8-5-4-6-9-19)25(31)26-21-11-7-10-20(18-21)23-12-13-24(28-27-23)30-16-14-29(2)15-17-30/h4-13,18,22H,3,14-17H2,1-2H3,(H,26,31). The summed E-state index contributed by atoms with van der Waals surface area (Å²) in [5.41, 5.74) is 3.53. The van der Waals surface area contributed by atoms with Gasteiger partial charge in [0.15, 0.2) is 5.82 Å². The topological polar surface area (TPSA) is 61.4 Å². The number of hydrogen-bond donors (Lipinski definition) is 1. The lowest BCUT2D eigenvalue weighted by atomic mass is 9.95. The summed E-state index contributed by atoms with van der Waals surface area (Å²) in [4.78, 5) is 17.5. The van der Waals surface area contributed by atoms with Gasteiger partial charge in [-0.05, 0) is 43.3 Å². The minimum atomic E-state index is -0.174. The molecule has 2 aromatic carbocycles. The van der Waals surface area contributed by atoms with Crippen LogP contribution in [0.4, 0.5) is 11.5 Å². The first-order valence-corrected chi connectivity index (χ1v) is 10.9. The van der Waals surface area contributed by atoms with Crippen LogP contribution in [0.5, 0.6) is 0 Å². The Morgan fingerprint density at radius 2 is 1.74 bits per heavy atom. The van der Waals surface area contributed by atoms with Crippen LogP contribution in [0.3, 0.4) is 0 Å². The number of amides is 1. The minimum Gasteiger partial charge on any atom is -0.353 e. The number of nitrogens with zero attached hydrogens (tertiary/aromatic N) is 4. The van der Waals surface area contributed by atoms with Gasteiger partial charge in [0.25, 0.3) is 0 Å². The van der Waals surface area contributed by atoms with Gasteiger partial charge in [0.05, 0.1) is 11.6 Å². The fourth-order valence-corrected chi connectivity index (χ4v) is 3.93. The van der Waals surface area contributed by atoms with Crippen LogP contribution in [0.25, 0.3) is 11.3 Å². The van der Waals surface area contributed by atoms with Gasteiger partial charge in [-0.3, -0.25) is 4.79 Å². The Kier molecular flexibility index (Phi) is 6.57. The van der Waals surface area contributed by atoms with Crippen molar-refractivity contribution in [2.75, 3.05) is 43.4 Å². The maximum atomic E-state index is 12.9. The van der Waals surface area contributed by atoms with Crippen LogP contribution >= 0.6 is 0 Å². The normalized spacial score (nSPS) is 15.5. The van der Waals surface area contributed by atoms with Crippen LogP contribution in [0.15, 0.2) is 66.7 Å². The van der Waals surface area contributed by atoms with E-state index in [2.05, 4.69) is 32.4 Å². The third-order valence-electron chi connectivity index (χ3n) is 5.83. The van der Waals surface area contributed by atoms with E-state index in [1.165, 1.54) is 0 Å². The number of rotatable bonds is 6. The maximum absolute atomic E-state index is 12.9. The molecule has 0 spiro atoms. The number of nitrogens with one attached hydrogen (secondary N) is 1. The highest BCUT2D eigenvalue weighted by Gasteiger charge is 2.19. The van der Waals surface area contributed by atoms with Gasteiger partial charge in [0.1, 0.15) is 0 Å². The Labute approximate surface area is 183 Å². The van der Waals surface area contributed by atoms with Crippen molar-refractivity contribution in [3.63, 3.8) is 0 Å². The van der Waals surface area contributed by atoms with Crippen molar-refractivity contribution in [3.05, 3.63) is 72.3 Å². The van der Waals surface area contributed by atoms with Crippen molar-refractivity contribution in [1.29, 1.82) is 0 Å². The highest BCUT2D eigenvalue weighted by Crippen LogP contribution is 2.25. The Hall–Kier alpha value is -3.25. The second kappa shape index (κ2) is 9.71. The first-order chi connectivity index (χ1) is 15.1. The van der Waals surface area contributed by atoms with E-state index < -0.39 is 0 Å². The van der Waals surface area contributed by atoms with Crippen LogP contribution < -0.4 is 10.2 Å². The second-order valence-electron chi connectivity index (χ2n) is 8.01. The summed E-state index contributed by atoms with van der Waals surface area (Å²) in [6.45, 7) is 6.03. The summed E-state index contributed by atoms with van der Waals surface area (Å²) >= 11 is 0. The molecule has 1 aliphatic heterocycles. The third kappa shape index (κ3) is 5.09. The molecule has 31 heavy (non-hydrogen) atoms. The van der Waals surface area contributed by atoms with Crippen LogP contribution in [-0.2, 0) is 4.79 Å². The largest absolute Gasteiger partial charge is 0.353 e. The molecule has 1 saturated heterocycles. The van der Waals surface area contributed by atoms with Crippen LogP contribution in [-0.4, -0.2) is 54.2 Å². The second-order valence-corrected chi connectivity index (χ2v) is 8.01. The first-order valence-electron chi connectivity index (χ1n) is 10.9. The molecule has 1 N–H and O–H groups in total. The Bertz CT molecular complexity index is 998. The first kappa shape index (κ1) is 21.0. The van der Waals surface area contributed by atoms with E-state index in [4.69, 9.17) is 0 Å². The zero-order valence-corrected chi connectivity index (χ0v) is 18.2. The molecule has 160 valence electrons. The zero-order valence-electron chi connectivity index (χ0n) is 18.2. The molecule has 0 saturated carbocycles. The van der Waals surface area contributed by atoms with Gasteiger partial charge in [-0.25, -0.2) is 0 Å². The summed E-state index contributed by atoms with van der Waals surface area (Å²) in [5, 5.41) is 12.0. The molecule has 1 unspecified atom stereocenters. The molecule has 2 heterocycles.